The van der Waals surface area contributed by atoms with Gasteiger partial charge in [0.05, 0.1) is 6.04 Å². The molecule has 0 aromatic heterocycles. The Morgan fingerprint density at radius 1 is 1.44 bits per heavy atom. The van der Waals surface area contributed by atoms with Crippen molar-refractivity contribution >= 4 is 12.0 Å². The van der Waals surface area contributed by atoms with Crippen molar-refractivity contribution in [3.8, 4) is 0 Å². The van der Waals surface area contributed by atoms with Crippen LogP contribution in [0.2, 0.25) is 0 Å². The molecular formula is C13H16N2O3. The van der Waals surface area contributed by atoms with Crippen LogP contribution in [0.3, 0.4) is 0 Å². The topological polar surface area (TPSA) is 69.6 Å². The molecule has 0 bridgehead atoms. The summed E-state index contributed by atoms with van der Waals surface area (Å²) in [7, 11) is 0. The van der Waals surface area contributed by atoms with Crippen LogP contribution in [0.25, 0.3) is 0 Å². The number of carbonyl (C=O) groups is 2. The Balaban J connectivity index is 2.14. The van der Waals surface area contributed by atoms with E-state index in [-0.39, 0.29) is 18.6 Å². The number of aliphatic carboxylic acids is 1. The molecule has 0 saturated carbocycles. The monoisotopic (exact) mass is 248 g/mol. The van der Waals surface area contributed by atoms with Crippen molar-refractivity contribution in [1.82, 2.24) is 10.2 Å². The van der Waals surface area contributed by atoms with Crippen LogP contribution in [0.15, 0.2) is 18.2 Å². The van der Waals surface area contributed by atoms with Gasteiger partial charge in [-0.3, -0.25) is 4.79 Å². The number of carbonyl (C=O) groups excluding carboxylic acids is 1. The van der Waals surface area contributed by atoms with Crippen molar-refractivity contribution in [2.24, 2.45) is 0 Å². The molecule has 1 atom stereocenters. The second-order valence-corrected chi connectivity index (χ2v) is 4.62. The number of carboxylic acid groups (broad SMARTS) is 1. The van der Waals surface area contributed by atoms with E-state index in [0.717, 1.165) is 5.56 Å². The summed E-state index contributed by atoms with van der Waals surface area (Å²) in [5.41, 5.74) is 3.38. The second kappa shape index (κ2) is 4.68. The highest BCUT2D eigenvalue weighted by Gasteiger charge is 2.30. The first-order valence-corrected chi connectivity index (χ1v) is 5.82. The first kappa shape index (κ1) is 12.4. The van der Waals surface area contributed by atoms with Crippen molar-refractivity contribution in [2.75, 3.05) is 13.1 Å². The van der Waals surface area contributed by atoms with Gasteiger partial charge in [-0.05, 0) is 30.5 Å². The van der Waals surface area contributed by atoms with Crippen molar-refractivity contribution in [3.05, 3.63) is 34.9 Å². The van der Waals surface area contributed by atoms with E-state index in [2.05, 4.69) is 5.32 Å². The van der Waals surface area contributed by atoms with Gasteiger partial charge in [0, 0.05) is 6.54 Å². The molecule has 18 heavy (non-hydrogen) atoms. The van der Waals surface area contributed by atoms with Gasteiger partial charge in [-0.25, -0.2) is 4.79 Å². The molecule has 5 nitrogen and oxygen atoms in total. The highest BCUT2D eigenvalue weighted by molar-refractivity contribution is 5.82. The molecule has 1 aliphatic heterocycles. The number of urea groups is 1. The number of hydrogen-bond donors (Lipinski definition) is 2. The summed E-state index contributed by atoms with van der Waals surface area (Å²) in [5.74, 6) is -0.995. The summed E-state index contributed by atoms with van der Waals surface area (Å²) in [4.78, 5) is 23.5. The maximum Gasteiger partial charge on any atom is 0.323 e. The van der Waals surface area contributed by atoms with Crippen LogP contribution in [0.5, 0.6) is 0 Å². The van der Waals surface area contributed by atoms with E-state index in [1.165, 1.54) is 16.0 Å². The number of hydrogen-bond acceptors (Lipinski definition) is 2. The van der Waals surface area contributed by atoms with Crippen molar-refractivity contribution < 1.29 is 14.7 Å². The lowest BCUT2D eigenvalue weighted by Gasteiger charge is -2.13. The average molecular weight is 248 g/mol. The van der Waals surface area contributed by atoms with E-state index < -0.39 is 5.97 Å². The number of rotatable bonds is 3. The van der Waals surface area contributed by atoms with Gasteiger partial charge in [-0.2, -0.15) is 0 Å². The molecule has 2 rings (SSSR count). The minimum absolute atomic E-state index is 0.129. The summed E-state index contributed by atoms with van der Waals surface area (Å²) in [6.45, 7) is 4.19. The van der Waals surface area contributed by atoms with Gasteiger partial charge in [-0.15, -0.1) is 0 Å². The lowest BCUT2D eigenvalue weighted by Crippen LogP contribution is -2.32. The minimum atomic E-state index is -0.995. The van der Waals surface area contributed by atoms with Crippen LogP contribution in [-0.2, 0) is 4.79 Å². The molecular weight excluding hydrogens is 232 g/mol. The Morgan fingerprint density at radius 2 is 2.17 bits per heavy atom. The predicted molar refractivity (Wildman–Crippen MR) is 66.4 cm³/mol. The van der Waals surface area contributed by atoms with Crippen LogP contribution in [0.4, 0.5) is 4.79 Å². The fraction of sp³-hybridized carbons (Fsp3) is 0.385. The van der Waals surface area contributed by atoms with Gasteiger partial charge in [-0.1, -0.05) is 18.2 Å². The van der Waals surface area contributed by atoms with Crippen LogP contribution >= 0.6 is 0 Å². The summed E-state index contributed by atoms with van der Waals surface area (Å²) in [6.07, 6.45) is 0. The molecule has 1 saturated heterocycles. The van der Waals surface area contributed by atoms with Gasteiger partial charge >= 0.3 is 12.0 Å². The van der Waals surface area contributed by atoms with E-state index in [4.69, 9.17) is 5.11 Å². The third kappa shape index (κ3) is 2.45. The van der Waals surface area contributed by atoms with Crippen LogP contribution in [0, 0.1) is 13.8 Å². The summed E-state index contributed by atoms with van der Waals surface area (Å²) in [5, 5.41) is 11.5. The quantitative estimate of drug-likeness (QED) is 0.850. The van der Waals surface area contributed by atoms with Crippen molar-refractivity contribution in [2.45, 2.75) is 19.9 Å². The Morgan fingerprint density at radius 3 is 2.78 bits per heavy atom. The zero-order valence-corrected chi connectivity index (χ0v) is 10.4. The van der Waals surface area contributed by atoms with Gasteiger partial charge in [0.1, 0.15) is 6.54 Å². The van der Waals surface area contributed by atoms with E-state index in [9.17, 15) is 9.59 Å². The smallest absolute Gasteiger partial charge is 0.323 e. The zero-order chi connectivity index (χ0) is 13.3. The summed E-state index contributed by atoms with van der Waals surface area (Å²) >= 11 is 0. The molecule has 96 valence electrons. The van der Waals surface area contributed by atoms with Crippen LogP contribution < -0.4 is 5.32 Å². The van der Waals surface area contributed by atoms with E-state index >= 15 is 0 Å². The number of benzene rings is 1. The molecule has 1 aliphatic rings. The number of nitrogens with zero attached hydrogens (tertiary/aromatic N) is 1. The minimum Gasteiger partial charge on any atom is -0.480 e. The largest absolute Gasteiger partial charge is 0.480 e. The predicted octanol–water partition coefficient (Wildman–Crippen LogP) is 1.45. The number of carboxylic acids is 1. The lowest BCUT2D eigenvalue weighted by atomic mass is 10.0. The third-order valence-corrected chi connectivity index (χ3v) is 3.25. The Bertz CT molecular complexity index is 499. The van der Waals surface area contributed by atoms with E-state index in [1.54, 1.807) is 0 Å². The molecule has 5 heteroatoms. The molecule has 1 heterocycles. The first-order valence-electron chi connectivity index (χ1n) is 5.82. The van der Waals surface area contributed by atoms with Crippen LogP contribution in [0.1, 0.15) is 22.7 Å². The van der Waals surface area contributed by atoms with Gasteiger partial charge < -0.3 is 15.3 Å². The molecule has 0 radical (unpaired) electrons. The van der Waals surface area contributed by atoms with Gasteiger partial charge in [0.2, 0.25) is 0 Å². The third-order valence-electron chi connectivity index (χ3n) is 3.25. The molecule has 1 aromatic carbocycles. The van der Waals surface area contributed by atoms with E-state index in [1.807, 2.05) is 32.0 Å². The zero-order valence-electron chi connectivity index (χ0n) is 10.4. The standard InChI is InChI=1S/C13H16N2O3/c1-8-3-4-10(5-9(8)2)11-6-15(7-12(16)17)13(18)14-11/h3-5,11H,6-7H2,1-2H3,(H,14,18)(H,16,17). The van der Waals surface area contributed by atoms with E-state index in [0.29, 0.717) is 6.54 Å². The molecule has 0 aliphatic carbocycles. The van der Waals surface area contributed by atoms with Gasteiger partial charge in [0.25, 0.3) is 0 Å². The normalized spacial score (nSPS) is 18.9. The average Bonchev–Trinajstić information content (AvgIpc) is 2.63. The molecule has 0 spiro atoms. The van der Waals surface area contributed by atoms with Crippen molar-refractivity contribution in [1.29, 1.82) is 0 Å². The Hall–Kier alpha value is -2.04. The molecule has 2 amide bonds. The number of amides is 2. The fourth-order valence-corrected chi connectivity index (χ4v) is 2.06. The SMILES string of the molecule is Cc1ccc(C2CN(CC(=O)O)C(=O)N2)cc1C. The van der Waals surface area contributed by atoms with Crippen LogP contribution in [-0.4, -0.2) is 35.1 Å². The highest BCUT2D eigenvalue weighted by atomic mass is 16.4. The molecule has 1 unspecified atom stereocenters. The van der Waals surface area contributed by atoms with Gasteiger partial charge in [0.15, 0.2) is 0 Å². The Labute approximate surface area is 105 Å². The first-order chi connectivity index (χ1) is 8.47. The fourth-order valence-electron chi connectivity index (χ4n) is 2.06. The summed E-state index contributed by atoms with van der Waals surface area (Å²) in [6, 6.07) is 5.57. The maximum absolute atomic E-state index is 11.6. The number of nitrogens with one attached hydrogen (secondary N) is 1. The Kier molecular flexibility index (Phi) is 3.23. The number of aryl methyl sites for hydroxylation is 2. The molecule has 1 fully saturated rings. The molecule has 1 aromatic rings. The molecule has 2 N–H and O–H groups in total. The van der Waals surface area contributed by atoms with Crippen molar-refractivity contribution in [3.63, 3.8) is 0 Å². The highest BCUT2D eigenvalue weighted by Crippen LogP contribution is 2.22. The second-order valence-electron chi connectivity index (χ2n) is 4.62. The summed E-state index contributed by atoms with van der Waals surface area (Å²) < 4.78 is 0. The maximum atomic E-state index is 11.6. The lowest BCUT2D eigenvalue weighted by molar-refractivity contribution is -0.137.